The van der Waals surface area contributed by atoms with Crippen LogP contribution in [0.1, 0.15) is 27.0 Å². The normalized spacial score (nSPS) is 14.7. The van der Waals surface area contributed by atoms with Gasteiger partial charge in [0, 0.05) is 11.1 Å². The lowest BCUT2D eigenvalue weighted by Crippen LogP contribution is -2.30. The molecule has 0 aliphatic carbocycles. The SMILES string of the molecule is Cc1cn[nH]c1-c1cc2c(c(C(F)(F)F)c1)CN(N)C2=O. The van der Waals surface area contributed by atoms with E-state index in [1.807, 2.05) is 0 Å². The van der Waals surface area contributed by atoms with Crippen molar-refractivity contribution in [2.75, 3.05) is 0 Å². The molecule has 0 saturated heterocycles. The molecule has 0 spiro atoms. The van der Waals surface area contributed by atoms with Gasteiger partial charge in [0.25, 0.3) is 5.91 Å². The Hall–Kier alpha value is -2.35. The third kappa shape index (κ3) is 2.07. The number of aromatic amines is 1. The lowest BCUT2D eigenvalue weighted by molar-refractivity contribution is -0.138. The van der Waals surface area contributed by atoms with Crippen molar-refractivity contribution in [1.29, 1.82) is 0 Å². The first-order valence-electron chi connectivity index (χ1n) is 6.10. The maximum atomic E-state index is 13.2. The van der Waals surface area contributed by atoms with Crippen LogP contribution in [-0.4, -0.2) is 21.1 Å². The van der Waals surface area contributed by atoms with Crippen molar-refractivity contribution in [3.05, 3.63) is 40.6 Å². The number of alkyl halides is 3. The first kappa shape index (κ1) is 13.6. The van der Waals surface area contributed by atoms with Crippen LogP contribution in [0.2, 0.25) is 0 Å². The van der Waals surface area contributed by atoms with Gasteiger partial charge in [0.2, 0.25) is 0 Å². The van der Waals surface area contributed by atoms with Gasteiger partial charge in [-0.1, -0.05) is 0 Å². The van der Waals surface area contributed by atoms with Crippen molar-refractivity contribution in [3.8, 4) is 11.3 Å². The molecular weight excluding hydrogens is 285 g/mol. The summed E-state index contributed by atoms with van der Waals surface area (Å²) in [5, 5.41) is 7.22. The van der Waals surface area contributed by atoms with Crippen LogP contribution in [0, 0.1) is 6.92 Å². The number of rotatable bonds is 1. The number of hydrogen-bond acceptors (Lipinski definition) is 3. The first-order chi connectivity index (χ1) is 9.79. The summed E-state index contributed by atoms with van der Waals surface area (Å²) < 4.78 is 39.7. The number of nitrogens with two attached hydrogens (primary N) is 1. The summed E-state index contributed by atoms with van der Waals surface area (Å²) in [6.45, 7) is 1.47. The van der Waals surface area contributed by atoms with E-state index >= 15 is 0 Å². The van der Waals surface area contributed by atoms with Crippen LogP contribution in [0.3, 0.4) is 0 Å². The Morgan fingerprint density at radius 3 is 2.67 bits per heavy atom. The molecule has 1 amide bonds. The lowest BCUT2D eigenvalue weighted by atomic mass is 9.96. The van der Waals surface area contributed by atoms with Crippen molar-refractivity contribution in [3.63, 3.8) is 0 Å². The van der Waals surface area contributed by atoms with Crippen molar-refractivity contribution >= 4 is 5.91 Å². The third-order valence-electron chi connectivity index (χ3n) is 3.49. The Morgan fingerprint density at radius 2 is 2.10 bits per heavy atom. The van der Waals surface area contributed by atoms with E-state index in [0.717, 1.165) is 11.1 Å². The smallest absolute Gasteiger partial charge is 0.278 e. The molecule has 21 heavy (non-hydrogen) atoms. The third-order valence-corrected chi connectivity index (χ3v) is 3.49. The van der Waals surface area contributed by atoms with Gasteiger partial charge in [-0.2, -0.15) is 18.3 Å². The van der Waals surface area contributed by atoms with Gasteiger partial charge in [-0.25, -0.2) is 5.84 Å². The highest BCUT2D eigenvalue weighted by atomic mass is 19.4. The summed E-state index contributed by atoms with van der Waals surface area (Å²) in [6.07, 6.45) is -3.05. The average molecular weight is 296 g/mol. The molecule has 0 atom stereocenters. The second-order valence-corrected chi connectivity index (χ2v) is 4.91. The molecule has 1 aromatic heterocycles. The van der Waals surface area contributed by atoms with E-state index in [9.17, 15) is 18.0 Å². The van der Waals surface area contributed by atoms with Gasteiger partial charge < -0.3 is 0 Å². The number of aromatic nitrogens is 2. The van der Waals surface area contributed by atoms with E-state index in [-0.39, 0.29) is 23.2 Å². The number of fused-ring (bicyclic) bond motifs is 1. The topological polar surface area (TPSA) is 75.0 Å². The maximum Gasteiger partial charge on any atom is 0.416 e. The van der Waals surface area contributed by atoms with Crippen molar-refractivity contribution in [1.82, 2.24) is 15.2 Å². The summed E-state index contributed by atoms with van der Waals surface area (Å²) >= 11 is 0. The standard InChI is InChI=1S/C13H11F3N4O/c1-6-4-18-19-11(6)7-2-8-9(5-20(17)12(8)21)10(3-7)13(14,15)16/h2-4H,5,17H2,1H3,(H,18,19). The van der Waals surface area contributed by atoms with Crippen molar-refractivity contribution < 1.29 is 18.0 Å². The van der Waals surface area contributed by atoms with E-state index in [2.05, 4.69) is 10.2 Å². The Labute approximate surface area is 117 Å². The van der Waals surface area contributed by atoms with Crippen molar-refractivity contribution in [2.45, 2.75) is 19.6 Å². The van der Waals surface area contributed by atoms with Gasteiger partial charge in [-0.3, -0.25) is 14.9 Å². The molecule has 0 saturated carbocycles. The number of hydrazine groups is 1. The van der Waals surface area contributed by atoms with E-state index in [0.29, 0.717) is 11.3 Å². The summed E-state index contributed by atoms with van der Waals surface area (Å²) in [7, 11) is 0. The zero-order chi connectivity index (χ0) is 15.4. The van der Waals surface area contributed by atoms with Gasteiger partial charge >= 0.3 is 6.18 Å². The van der Waals surface area contributed by atoms with E-state index in [1.54, 1.807) is 6.92 Å². The van der Waals surface area contributed by atoms with Gasteiger partial charge in [0.05, 0.1) is 24.0 Å². The molecule has 1 aliphatic rings. The molecule has 1 aromatic carbocycles. The molecule has 110 valence electrons. The number of nitrogens with one attached hydrogen (secondary N) is 1. The Balaban J connectivity index is 2.27. The zero-order valence-corrected chi connectivity index (χ0v) is 11.0. The van der Waals surface area contributed by atoms with Gasteiger partial charge in [0.15, 0.2) is 0 Å². The maximum absolute atomic E-state index is 13.2. The molecule has 5 nitrogen and oxygen atoms in total. The molecule has 0 radical (unpaired) electrons. The van der Waals surface area contributed by atoms with Crippen LogP contribution >= 0.6 is 0 Å². The van der Waals surface area contributed by atoms with Crippen LogP contribution in [0.4, 0.5) is 13.2 Å². The number of halogens is 3. The minimum absolute atomic E-state index is 0.0173. The fraction of sp³-hybridized carbons (Fsp3) is 0.231. The van der Waals surface area contributed by atoms with Crippen LogP contribution in [-0.2, 0) is 12.7 Å². The number of carbonyl (C=O) groups excluding carboxylic acids is 1. The van der Waals surface area contributed by atoms with E-state index in [4.69, 9.17) is 5.84 Å². The fourth-order valence-corrected chi connectivity index (χ4v) is 2.47. The summed E-state index contributed by atoms with van der Waals surface area (Å²) in [5.74, 6) is 4.82. The number of amides is 1. The number of H-pyrrole nitrogens is 1. The monoisotopic (exact) mass is 296 g/mol. The summed E-state index contributed by atoms with van der Waals surface area (Å²) in [4.78, 5) is 11.9. The predicted molar refractivity (Wildman–Crippen MR) is 67.8 cm³/mol. The molecule has 0 bridgehead atoms. The van der Waals surface area contributed by atoms with Crippen LogP contribution in [0.5, 0.6) is 0 Å². The summed E-state index contributed by atoms with van der Waals surface area (Å²) in [6, 6.07) is 2.44. The van der Waals surface area contributed by atoms with Gasteiger partial charge in [-0.15, -0.1) is 0 Å². The van der Waals surface area contributed by atoms with E-state index in [1.165, 1.54) is 12.3 Å². The van der Waals surface area contributed by atoms with Gasteiger partial charge in [0.1, 0.15) is 0 Å². The quantitative estimate of drug-likeness (QED) is 0.626. The largest absolute Gasteiger partial charge is 0.416 e. The highest BCUT2D eigenvalue weighted by molar-refractivity contribution is 5.99. The molecule has 2 aromatic rings. The Kier molecular flexibility index (Phi) is 2.80. The van der Waals surface area contributed by atoms with Crippen LogP contribution < -0.4 is 5.84 Å². The highest BCUT2D eigenvalue weighted by Crippen LogP contribution is 2.39. The first-order valence-corrected chi connectivity index (χ1v) is 6.10. The van der Waals surface area contributed by atoms with Crippen molar-refractivity contribution in [2.24, 2.45) is 5.84 Å². The molecule has 3 N–H and O–H groups in total. The molecule has 2 heterocycles. The number of nitrogens with zero attached hydrogens (tertiary/aromatic N) is 2. The highest BCUT2D eigenvalue weighted by Gasteiger charge is 2.39. The van der Waals surface area contributed by atoms with Crippen LogP contribution in [0.15, 0.2) is 18.3 Å². The molecule has 1 aliphatic heterocycles. The number of benzene rings is 1. The number of hydrogen-bond donors (Lipinski definition) is 2. The second kappa shape index (κ2) is 4.32. The van der Waals surface area contributed by atoms with Gasteiger partial charge in [-0.05, 0) is 30.2 Å². The fourth-order valence-electron chi connectivity index (χ4n) is 2.47. The number of carbonyl (C=O) groups is 1. The molecule has 3 rings (SSSR count). The minimum Gasteiger partial charge on any atom is -0.278 e. The molecular formula is C13H11F3N4O. The minimum atomic E-state index is -4.56. The lowest BCUT2D eigenvalue weighted by Gasteiger charge is -2.13. The molecule has 0 fully saturated rings. The average Bonchev–Trinajstić information content (AvgIpc) is 2.93. The summed E-state index contributed by atoms with van der Waals surface area (Å²) in [5.41, 5.74) is 0.460. The second-order valence-electron chi connectivity index (χ2n) is 4.91. The number of aryl methyl sites for hydroxylation is 1. The Morgan fingerprint density at radius 1 is 1.38 bits per heavy atom. The van der Waals surface area contributed by atoms with E-state index < -0.39 is 17.6 Å². The predicted octanol–water partition coefficient (Wildman–Crippen LogP) is 2.23. The Bertz CT molecular complexity index is 736. The molecule has 8 heteroatoms. The zero-order valence-electron chi connectivity index (χ0n) is 11.0. The van der Waals surface area contributed by atoms with Crippen LogP contribution in [0.25, 0.3) is 11.3 Å². The molecule has 0 unspecified atom stereocenters.